The molecule has 1 N–H and O–H groups in total. The fourth-order valence-electron chi connectivity index (χ4n) is 1.98. The van der Waals surface area contributed by atoms with Crippen LogP contribution in [0.15, 0.2) is 47.1 Å². The summed E-state index contributed by atoms with van der Waals surface area (Å²) in [7, 11) is 0. The summed E-state index contributed by atoms with van der Waals surface area (Å²) in [5.74, 6) is 0.425. The van der Waals surface area contributed by atoms with Gasteiger partial charge in [0, 0.05) is 17.8 Å². The average Bonchev–Trinajstić information content (AvgIpc) is 3.09. The van der Waals surface area contributed by atoms with E-state index in [2.05, 4.69) is 15.6 Å². The molecule has 112 valence electrons. The molecule has 0 radical (unpaired) electrons. The van der Waals surface area contributed by atoms with Crippen molar-refractivity contribution >= 4 is 11.7 Å². The molecular formula is C15H13FN4O2. The van der Waals surface area contributed by atoms with Crippen molar-refractivity contribution < 1.29 is 13.7 Å². The topological polar surface area (TPSA) is 73.0 Å². The molecule has 0 bridgehead atoms. The third-order valence-electron chi connectivity index (χ3n) is 2.98. The van der Waals surface area contributed by atoms with Crippen LogP contribution in [0.4, 0.5) is 10.2 Å². The summed E-state index contributed by atoms with van der Waals surface area (Å²) in [5.41, 5.74) is 1.46. The van der Waals surface area contributed by atoms with Gasteiger partial charge >= 0.3 is 0 Å². The molecule has 0 aliphatic rings. The summed E-state index contributed by atoms with van der Waals surface area (Å²) < 4.78 is 19.3. The van der Waals surface area contributed by atoms with E-state index in [0.717, 1.165) is 5.56 Å². The van der Waals surface area contributed by atoms with Crippen molar-refractivity contribution in [2.75, 3.05) is 5.32 Å². The Hall–Kier alpha value is -2.96. The number of aromatic nitrogens is 3. The highest BCUT2D eigenvalue weighted by Gasteiger charge is 2.09. The smallest absolute Gasteiger partial charge is 0.247 e. The molecule has 3 rings (SSSR count). The second-order valence-electron chi connectivity index (χ2n) is 4.78. The van der Waals surface area contributed by atoms with Crippen LogP contribution < -0.4 is 5.32 Å². The molecule has 1 aromatic carbocycles. The van der Waals surface area contributed by atoms with E-state index >= 15 is 0 Å². The minimum Gasteiger partial charge on any atom is -0.360 e. The fraction of sp³-hybridized carbons (Fsp3) is 0.133. The van der Waals surface area contributed by atoms with Gasteiger partial charge in [0.05, 0.1) is 5.69 Å². The number of hydrogen-bond acceptors (Lipinski definition) is 4. The Morgan fingerprint density at radius 2 is 2.09 bits per heavy atom. The number of amides is 1. The summed E-state index contributed by atoms with van der Waals surface area (Å²) in [4.78, 5) is 11.9. The van der Waals surface area contributed by atoms with E-state index in [9.17, 15) is 9.18 Å². The molecule has 22 heavy (non-hydrogen) atoms. The first-order chi connectivity index (χ1) is 10.6. The van der Waals surface area contributed by atoms with E-state index in [1.165, 1.54) is 16.8 Å². The van der Waals surface area contributed by atoms with Gasteiger partial charge in [0.1, 0.15) is 18.1 Å². The van der Waals surface area contributed by atoms with Gasteiger partial charge < -0.3 is 9.84 Å². The average molecular weight is 300 g/mol. The standard InChI is InChI=1S/C15H13FN4O2/c1-10-8-14(19-22-10)17-15(21)9-20-7-6-13(18-20)11-2-4-12(16)5-3-11/h2-8H,9H2,1H3,(H,17,19,21). The summed E-state index contributed by atoms with van der Waals surface area (Å²) >= 11 is 0. The van der Waals surface area contributed by atoms with Gasteiger partial charge in [-0.25, -0.2) is 4.39 Å². The molecule has 3 aromatic rings. The molecule has 7 heteroatoms. The van der Waals surface area contributed by atoms with E-state index in [4.69, 9.17) is 4.52 Å². The summed E-state index contributed by atoms with van der Waals surface area (Å²) in [6.45, 7) is 1.79. The van der Waals surface area contributed by atoms with Crippen molar-refractivity contribution in [3.63, 3.8) is 0 Å². The van der Waals surface area contributed by atoms with Gasteiger partial charge in [-0.2, -0.15) is 5.10 Å². The van der Waals surface area contributed by atoms with Crippen molar-refractivity contribution in [2.24, 2.45) is 0 Å². The Morgan fingerprint density at radius 3 is 2.77 bits per heavy atom. The predicted molar refractivity (Wildman–Crippen MR) is 77.5 cm³/mol. The molecule has 0 saturated carbocycles. The van der Waals surface area contributed by atoms with Crippen LogP contribution in [0.1, 0.15) is 5.76 Å². The molecule has 6 nitrogen and oxygen atoms in total. The lowest BCUT2D eigenvalue weighted by molar-refractivity contribution is -0.116. The summed E-state index contributed by atoms with van der Waals surface area (Å²) in [6, 6.07) is 9.41. The van der Waals surface area contributed by atoms with Crippen molar-refractivity contribution in [1.82, 2.24) is 14.9 Å². The maximum Gasteiger partial charge on any atom is 0.247 e. The first-order valence-electron chi connectivity index (χ1n) is 6.63. The van der Waals surface area contributed by atoms with Crippen LogP contribution in [0.5, 0.6) is 0 Å². The second-order valence-corrected chi connectivity index (χ2v) is 4.78. The van der Waals surface area contributed by atoms with Crippen LogP contribution in [0.2, 0.25) is 0 Å². The minimum atomic E-state index is -0.300. The Bertz CT molecular complexity index is 792. The van der Waals surface area contributed by atoms with E-state index < -0.39 is 0 Å². The predicted octanol–water partition coefficient (Wildman–Crippen LogP) is 2.62. The van der Waals surface area contributed by atoms with Gasteiger partial charge in [-0.05, 0) is 37.3 Å². The zero-order valence-electron chi connectivity index (χ0n) is 11.8. The molecule has 2 heterocycles. The summed E-state index contributed by atoms with van der Waals surface area (Å²) in [6.07, 6.45) is 1.69. The molecule has 0 atom stereocenters. The SMILES string of the molecule is Cc1cc(NC(=O)Cn2ccc(-c3ccc(F)cc3)n2)no1. The second kappa shape index (κ2) is 5.80. The molecule has 0 aliphatic carbocycles. The summed E-state index contributed by atoms with van der Waals surface area (Å²) in [5, 5.41) is 10.6. The number of hydrogen-bond donors (Lipinski definition) is 1. The third kappa shape index (κ3) is 3.20. The number of aryl methyl sites for hydroxylation is 1. The van der Waals surface area contributed by atoms with E-state index in [-0.39, 0.29) is 18.3 Å². The first kappa shape index (κ1) is 14.0. The molecule has 0 saturated heterocycles. The van der Waals surface area contributed by atoms with Crippen LogP contribution >= 0.6 is 0 Å². The monoisotopic (exact) mass is 300 g/mol. The highest BCUT2D eigenvalue weighted by Crippen LogP contribution is 2.17. The molecule has 1 amide bonds. The molecule has 2 aromatic heterocycles. The van der Waals surface area contributed by atoms with Gasteiger partial charge in [-0.15, -0.1) is 0 Å². The Kier molecular flexibility index (Phi) is 3.69. The van der Waals surface area contributed by atoms with Gasteiger partial charge in [-0.3, -0.25) is 9.48 Å². The quantitative estimate of drug-likeness (QED) is 0.804. The molecule has 0 aliphatic heterocycles. The van der Waals surface area contributed by atoms with Crippen LogP contribution in [-0.4, -0.2) is 20.8 Å². The van der Waals surface area contributed by atoms with Crippen molar-refractivity contribution in [2.45, 2.75) is 13.5 Å². The maximum absolute atomic E-state index is 12.9. The number of nitrogens with one attached hydrogen (secondary N) is 1. The molecular weight excluding hydrogens is 287 g/mol. The lowest BCUT2D eigenvalue weighted by Crippen LogP contribution is -2.19. The normalized spacial score (nSPS) is 10.6. The largest absolute Gasteiger partial charge is 0.360 e. The number of anilines is 1. The number of halogens is 1. The van der Waals surface area contributed by atoms with Crippen molar-refractivity contribution in [3.8, 4) is 11.3 Å². The highest BCUT2D eigenvalue weighted by atomic mass is 19.1. The highest BCUT2D eigenvalue weighted by molar-refractivity contribution is 5.89. The van der Waals surface area contributed by atoms with Crippen LogP contribution in [0.3, 0.4) is 0 Å². The van der Waals surface area contributed by atoms with Gasteiger partial charge in [0.15, 0.2) is 5.82 Å². The van der Waals surface area contributed by atoms with Crippen molar-refractivity contribution in [3.05, 3.63) is 54.2 Å². The number of nitrogens with zero attached hydrogens (tertiary/aromatic N) is 3. The van der Waals surface area contributed by atoms with Crippen LogP contribution in [0, 0.1) is 12.7 Å². The lowest BCUT2D eigenvalue weighted by Gasteiger charge is -2.01. The minimum absolute atomic E-state index is 0.0487. The fourth-order valence-corrected chi connectivity index (χ4v) is 1.98. The van der Waals surface area contributed by atoms with E-state index in [1.807, 2.05) is 0 Å². The Balaban J connectivity index is 1.66. The van der Waals surface area contributed by atoms with Crippen LogP contribution in [-0.2, 0) is 11.3 Å². The van der Waals surface area contributed by atoms with E-state index in [1.54, 1.807) is 37.4 Å². The Labute approximate surface area is 125 Å². The number of rotatable bonds is 4. The van der Waals surface area contributed by atoms with Crippen molar-refractivity contribution in [1.29, 1.82) is 0 Å². The van der Waals surface area contributed by atoms with Gasteiger partial charge in [0.25, 0.3) is 0 Å². The number of benzene rings is 1. The van der Waals surface area contributed by atoms with Crippen LogP contribution in [0.25, 0.3) is 11.3 Å². The molecule has 0 fully saturated rings. The zero-order chi connectivity index (χ0) is 15.5. The first-order valence-corrected chi connectivity index (χ1v) is 6.63. The van der Waals surface area contributed by atoms with Gasteiger partial charge in [0.2, 0.25) is 5.91 Å². The maximum atomic E-state index is 12.9. The molecule has 0 unspecified atom stereocenters. The number of carbonyl (C=O) groups is 1. The Morgan fingerprint density at radius 1 is 1.32 bits per heavy atom. The third-order valence-corrected chi connectivity index (χ3v) is 2.98. The van der Waals surface area contributed by atoms with Gasteiger partial charge in [-0.1, -0.05) is 5.16 Å². The molecule has 0 spiro atoms. The lowest BCUT2D eigenvalue weighted by atomic mass is 10.1. The van der Waals surface area contributed by atoms with E-state index in [0.29, 0.717) is 17.3 Å². The number of carbonyl (C=O) groups excluding carboxylic acids is 1. The zero-order valence-corrected chi connectivity index (χ0v) is 11.8.